The highest BCUT2D eigenvalue weighted by Crippen LogP contribution is 2.33. The molecular formula is C20H17N3O4. The Balaban J connectivity index is 1.61. The first-order valence-electron chi connectivity index (χ1n) is 8.74. The molecule has 1 aliphatic heterocycles. The van der Waals surface area contributed by atoms with Gasteiger partial charge in [0.25, 0.3) is 11.8 Å². The fourth-order valence-electron chi connectivity index (χ4n) is 3.56. The van der Waals surface area contributed by atoms with Crippen LogP contribution in [0.5, 0.6) is 0 Å². The molecule has 0 bridgehead atoms. The summed E-state index contributed by atoms with van der Waals surface area (Å²) in [5, 5.41) is 3.19. The molecule has 136 valence electrons. The molecule has 2 heterocycles. The van der Waals surface area contributed by atoms with Gasteiger partial charge in [-0.3, -0.25) is 29.1 Å². The number of ketones is 2. The van der Waals surface area contributed by atoms with E-state index in [-0.39, 0.29) is 42.0 Å². The van der Waals surface area contributed by atoms with E-state index in [1.54, 1.807) is 30.6 Å². The van der Waals surface area contributed by atoms with Crippen LogP contribution in [-0.2, 0) is 16.1 Å². The van der Waals surface area contributed by atoms with Gasteiger partial charge in [-0.15, -0.1) is 0 Å². The van der Waals surface area contributed by atoms with Crippen molar-refractivity contribution >= 4 is 29.1 Å². The van der Waals surface area contributed by atoms with Crippen LogP contribution in [0.3, 0.4) is 0 Å². The van der Waals surface area contributed by atoms with E-state index >= 15 is 0 Å². The van der Waals surface area contributed by atoms with E-state index in [4.69, 9.17) is 0 Å². The number of nitrogens with one attached hydrogen (secondary N) is 1. The first-order chi connectivity index (χ1) is 13.1. The van der Waals surface area contributed by atoms with Gasteiger partial charge in [-0.1, -0.05) is 6.07 Å². The minimum absolute atomic E-state index is 0.146. The van der Waals surface area contributed by atoms with Gasteiger partial charge in [0.1, 0.15) is 5.78 Å². The first kappa shape index (κ1) is 17.1. The highest BCUT2D eigenvalue weighted by molar-refractivity contribution is 6.25. The zero-order chi connectivity index (χ0) is 19.0. The largest absolute Gasteiger partial charge is 0.380 e. The van der Waals surface area contributed by atoms with Crippen LogP contribution < -0.4 is 5.32 Å². The number of aromatic nitrogens is 1. The third-order valence-electron chi connectivity index (χ3n) is 4.93. The number of carbonyl (C=O) groups excluding carboxylic acids is 4. The average Bonchev–Trinajstić information content (AvgIpc) is 2.93. The van der Waals surface area contributed by atoms with Gasteiger partial charge < -0.3 is 5.32 Å². The number of nitrogens with zero attached hydrogens (tertiary/aromatic N) is 2. The second-order valence-electron chi connectivity index (χ2n) is 6.65. The Bertz CT molecular complexity index is 955. The van der Waals surface area contributed by atoms with Crippen molar-refractivity contribution in [3.63, 3.8) is 0 Å². The molecule has 1 aromatic heterocycles. The molecule has 2 amide bonds. The van der Waals surface area contributed by atoms with E-state index in [1.807, 2.05) is 12.1 Å². The maximum atomic E-state index is 13.0. The predicted molar refractivity (Wildman–Crippen MR) is 96.2 cm³/mol. The highest BCUT2D eigenvalue weighted by Gasteiger charge is 2.45. The zero-order valence-corrected chi connectivity index (χ0v) is 14.5. The van der Waals surface area contributed by atoms with Gasteiger partial charge in [-0.25, -0.2) is 0 Å². The first-order valence-corrected chi connectivity index (χ1v) is 8.74. The van der Waals surface area contributed by atoms with E-state index < -0.39 is 17.9 Å². The smallest absolute Gasteiger partial charge is 0.264 e. The molecule has 2 aliphatic rings. The van der Waals surface area contributed by atoms with Crippen LogP contribution in [0.25, 0.3) is 0 Å². The number of pyridine rings is 1. The molecule has 4 rings (SSSR count). The number of fused-ring (bicyclic) bond motifs is 1. The lowest BCUT2D eigenvalue weighted by Crippen LogP contribution is -2.47. The second kappa shape index (κ2) is 6.75. The van der Waals surface area contributed by atoms with Gasteiger partial charge >= 0.3 is 0 Å². The van der Waals surface area contributed by atoms with Crippen LogP contribution in [-0.4, -0.2) is 39.3 Å². The molecule has 0 saturated heterocycles. The summed E-state index contributed by atoms with van der Waals surface area (Å²) in [7, 11) is 0. The van der Waals surface area contributed by atoms with Crippen molar-refractivity contribution in [1.82, 2.24) is 9.88 Å². The summed E-state index contributed by atoms with van der Waals surface area (Å²) in [6, 6.07) is 7.88. The normalized spacial score (nSPS) is 19.4. The Kier molecular flexibility index (Phi) is 4.27. The predicted octanol–water partition coefficient (Wildman–Crippen LogP) is 1.98. The van der Waals surface area contributed by atoms with Crippen LogP contribution in [0.1, 0.15) is 45.5 Å². The Morgan fingerprint density at radius 3 is 2.56 bits per heavy atom. The third-order valence-corrected chi connectivity index (χ3v) is 4.93. The van der Waals surface area contributed by atoms with Crippen molar-refractivity contribution in [3.05, 3.63) is 59.4 Å². The minimum Gasteiger partial charge on any atom is -0.380 e. The molecule has 1 fully saturated rings. The lowest BCUT2D eigenvalue weighted by Gasteiger charge is -2.27. The summed E-state index contributed by atoms with van der Waals surface area (Å²) in [5.74, 6) is -1.48. The maximum absolute atomic E-state index is 13.0. The summed E-state index contributed by atoms with van der Waals surface area (Å²) >= 11 is 0. The number of amides is 2. The molecular weight excluding hydrogens is 346 g/mol. The maximum Gasteiger partial charge on any atom is 0.264 e. The quantitative estimate of drug-likeness (QED) is 0.659. The topological polar surface area (TPSA) is 96.4 Å². The van der Waals surface area contributed by atoms with Gasteiger partial charge in [0.15, 0.2) is 5.78 Å². The minimum atomic E-state index is -0.858. The Hall–Kier alpha value is -3.35. The van der Waals surface area contributed by atoms with Crippen LogP contribution in [0.4, 0.5) is 5.69 Å². The Labute approximate surface area is 155 Å². The van der Waals surface area contributed by atoms with Crippen molar-refractivity contribution < 1.29 is 19.2 Å². The lowest BCUT2D eigenvalue weighted by molar-refractivity contribution is -0.132. The average molecular weight is 363 g/mol. The molecule has 0 spiro atoms. The molecule has 1 saturated carbocycles. The second-order valence-corrected chi connectivity index (χ2v) is 6.65. The van der Waals surface area contributed by atoms with E-state index in [1.165, 1.54) is 0 Å². The molecule has 1 aliphatic carbocycles. The summed E-state index contributed by atoms with van der Waals surface area (Å²) in [6.45, 7) is 0.470. The molecule has 2 aromatic rings. The molecule has 1 aromatic carbocycles. The molecule has 27 heavy (non-hydrogen) atoms. The Morgan fingerprint density at radius 1 is 1.04 bits per heavy atom. The molecule has 0 radical (unpaired) electrons. The molecule has 7 heteroatoms. The number of hydrogen-bond donors (Lipinski definition) is 1. The number of anilines is 1. The van der Waals surface area contributed by atoms with Gasteiger partial charge in [-0.2, -0.15) is 0 Å². The molecule has 7 nitrogen and oxygen atoms in total. The molecule has 1 atom stereocenters. The van der Waals surface area contributed by atoms with Crippen molar-refractivity contribution in [2.45, 2.75) is 31.8 Å². The summed E-state index contributed by atoms with van der Waals surface area (Å²) in [5.41, 5.74) is 2.09. The number of carbonyl (C=O) groups is 4. The number of benzene rings is 1. The fourth-order valence-corrected chi connectivity index (χ4v) is 3.56. The van der Waals surface area contributed by atoms with E-state index in [0.717, 1.165) is 10.5 Å². The zero-order valence-electron chi connectivity index (χ0n) is 14.5. The molecule has 1 unspecified atom stereocenters. The standard InChI is InChI=1S/C20H17N3O4/c24-13-4-5-16(17(25)10-13)23-19(26)14-2-1-3-15(18(14)20(23)27)22-11-12-6-8-21-9-7-12/h1-3,6-9,16,22H,4-5,10-11H2. The van der Waals surface area contributed by atoms with Gasteiger partial charge in [0.05, 0.1) is 23.6 Å². The van der Waals surface area contributed by atoms with Crippen LogP contribution >= 0.6 is 0 Å². The number of imide groups is 1. The highest BCUT2D eigenvalue weighted by atomic mass is 16.2. The van der Waals surface area contributed by atoms with Crippen molar-refractivity contribution in [2.24, 2.45) is 0 Å². The molecule has 1 N–H and O–H groups in total. The summed E-state index contributed by atoms with van der Waals surface area (Å²) in [4.78, 5) is 54.5. The Morgan fingerprint density at radius 2 is 1.81 bits per heavy atom. The number of Topliss-reactive ketones (excluding diaryl/α,β-unsaturated/α-hetero) is 2. The fraction of sp³-hybridized carbons (Fsp3) is 0.250. The third kappa shape index (κ3) is 3.01. The SMILES string of the molecule is O=C1CCC(N2C(=O)c3cccc(NCc4ccncc4)c3C2=O)C(=O)C1. The monoisotopic (exact) mass is 363 g/mol. The van der Waals surface area contributed by atoms with Crippen molar-refractivity contribution in [2.75, 3.05) is 5.32 Å². The van der Waals surface area contributed by atoms with E-state index in [9.17, 15) is 19.2 Å². The van der Waals surface area contributed by atoms with Gasteiger partial charge in [0, 0.05) is 31.0 Å². The van der Waals surface area contributed by atoms with Gasteiger partial charge in [-0.05, 0) is 36.2 Å². The number of hydrogen-bond acceptors (Lipinski definition) is 6. The van der Waals surface area contributed by atoms with Crippen molar-refractivity contribution in [1.29, 1.82) is 0 Å². The van der Waals surface area contributed by atoms with Crippen LogP contribution in [0, 0.1) is 0 Å². The van der Waals surface area contributed by atoms with Crippen LogP contribution in [0.2, 0.25) is 0 Å². The van der Waals surface area contributed by atoms with E-state index in [0.29, 0.717) is 12.2 Å². The van der Waals surface area contributed by atoms with Gasteiger partial charge in [0.2, 0.25) is 0 Å². The van der Waals surface area contributed by atoms with Crippen molar-refractivity contribution in [3.8, 4) is 0 Å². The summed E-state index contributed by atoms with van der Waals surface area (Å²) in [6.07, 6.45) is 3.54. The van der Waals surface area contributed by atoms with Crippen LogP contribution in [0.15, 0.2) is 42.7 Å². The number of rotatable bonds is 4. The van der Waals surface area contributed by atoms with E-state index in [2.05, 4.69) is 10.3 Å². The lowest BCUT2D eigenvalue weighted by atomic mass is 9.92. The summed E-state index contributed by atoms with van der Waals surface area (Å²) < 4.78 is 0.